The van der Waals surface area contributed by atoms with E-state index in [1.807, 2.05) is 16.8 Å². The zero-order valence-corrected chi connectivity index (χ0v) is 13.3. The highest BCUT2D eigenvalue weighted by molar-refractivity contribution is 7.86. The predicted octanol–water partition coefficient (Wildman–Crippen LogP) is 2.38. The topological polar surface area (TPSA) is 40.6 Å². The van der Waals surface area contributed by atoms with E-state index < -0.39 is 10.2 Å². The van der Waals surface area contributed by atoms with E-state index in [1.165, 1.54) is 4.31 Å². The highest BCUT2D eigenvalue weighted by Gasteiger charge is 2.30. The SMILES string of the molecule is CN(Cc1ccsc1)S(=O)(=O)N1CCC(CCl)CC1. The lowest BCUT2D eigenvalue weighted by atomic mass is 10.0. The molecule has 4 nitrogen and oxygen atoms in total. The normalized spacial score (nSPS) is 19.1. The van der Waals surface area contributed by atoms with Crippen molar-refractivity contribution in [1.82, 2.24) is 8.61 Å². The summed E-state index contributed by atoms with van der Waals surface area (Å²) in [5, 5.41) is 3.94. The quantitative estimate of drug-likeness (QED) is 0.781. The van der Waals surface area contributed by atoms with Gasteiger partial charge in [0, 0.05) is 32.6 Å². The van der Waals surface area contributed by atoms with Crippen molar-refractivity contribution < 1.29 is 8.42 Å². The highest BCUT2D eigenvalue weighted by Crippen LogP contribution is 2.22. The number of alkyl halides is 1. The monoisotopic (exact) mass is 322 g/mol. The van der Waals surface area contributed by atoms with Crippen LogP contribution < -0.4 is 0 Å². The second-order valence-electron chi connectivity index (χ2n) is 4.89. The van der Waals surface area contributed by atoms with Crippen LogP contribution in [0.15, 0.2) is 16.8 Å². The number of thiophene rings is 1. The smallest absolute Gasteiger partial charge is 0.195 e. The van der Waals surface area contributed by atoms with E-state index in [4.69, 9.17) is 11.6 Å². The first-order chi connectivity index (χ1) is 9.04. The maximum absolute atomic E-state index is 12.4. The van der Waals surface area contributed by atoms with Crippen molar-refractivity contribution in [2.45, 2.75) is 19.4 Å². The molecule has 1 aliphatic heterocycles. The Bertz CT molecular complexity index is 482. The van der Waals surface area contributed by atoms with Crippen LogP contribution in [0.1, 0.15) is 18.4 Å². The fourth-order valence-corrected chi connectivity index (χ4v) is 4.56. The molecule has 7 heteroatoms. The molecular formula is C12H19ClN2O2S2. The summed E-state index contributed by atoms with van der Waals surface area (Å²) in [7, 11) is -1.70. The number of nitrogens with zero attached hydrogens (tertiary/aromatic N) is 2. The summed E-state index contributed by atoms with van der Waals surface area (Å²) < 4.78 is 27.9. The van der Waals surface area contributed by atoms with Crippen molar-refractivity contribution >= 4 is 33.1 Å². The molecule has 0 saturated carbocycles. The van der Waals surface area contributed by atoms with Crippen molar-refractivity contribution in [1.29, 1.82) is 0 Å². The molecule has 0 spiro atoms. The Hall–Kier alpha value is -0.140. The van der Waals surface area contributed by atoms with Crippen LogP contribution in [-0.4, -0.2) is 43.0 Å². The summed E-state index contributed by atoms with van der Waals surface area (Å²) in [5.74, 6) is 1.08. The van der Waals surface area contributed by atoms with Crippen molar-refractivity contribution in [2.24, 2.45) is 5.92 Å². The van der Waals surface area contributed by atoms with Crippen LogP contribution in [-0.2, 0) is 16.8 Å². The number of hydrogen-bond acceptors (Lipinski definition) is 3. The molecule has 1 aliphatic rings. The molecule has 0 aromatic carbocycles. The van der Waals surface area contributed by atoms with Gasteiger partial charge in [0.2, 0.25) is 0 Å². The molecule has 0 amide bonds. The Kier molecular flexibility index (Phi) is 5.25. The van der Waals surface area contributed by atoms with Crippen LogP contribution in [0.25, 0.3) is 0 Å². The molecule has 0 aliphatic carbocycles. The van der Waals surface area contributed by atoms with Crippen molar-refractivity contribution in [3.05, 3.63) is 22.4 Å². The van der Waals surface area contributed by atoms with E-state index in [1.54, 1.807) is 22.7 Å². The van der Waals surface area contributed by atoms with Gasteiger partial charge in [0.15, 0.2) is 0 Å². The van der Waals surface area contributed by atoms with Crippen molar-refractivity contribution in [3.8, 4) is 0 Å². The summed E-state index contributed by atoms with van der Waals surface area (Å²) in [5.41, 5.74) is 1.03. The fourth-order valence-electron chi connectivity index (χ4n) is 2.21. The van der Waals surface area contributed by atoms with Crippen LogP contribution in [0.2, 0.25) is 0 Å². The lowest BCUT2D eigenvalue weighted by molar-refractivity contribution is 0.271. The van der Waals surface area contributed by atoms with E-state index in [2.05, 4.69) is 0 Å². The van der Waals surface area contributed by atoms with Gasteiger partial charge in [-0.25, -0.2) is 0 Å². The average molecular weight is 323 g/mol. The Morgan fingerprint density at radius 3 is 2.68 bits per heavy atom. The van der Waals surface area contributed by atoms with E-state index in [-0.39, 0.29) is 0 Å². The first kappa shape index (κ1) is 15.3. The van der Waals surface area contributed by atoms with E-state index in [0.29, 0.717) is 31.4 Å². The molecule has 1 saturated heterocycles. The summed E-state index contributed by atoms with van der Waals surface area (Å²) >= 11 is 7.40. The Morgan fingerprint density at radius 1 is 1.47 bits per heavy atom. The zero-order valence-electron chi connectivity index (χ0n) is 11.0. The minimum atomic E-state index is -3.34. The van der Waals surface area contributed by atoms with Crippen molar-refractivity contribution in [2.75, 3.05) is 26.0 Å². The molecule has 2 heterocycles. The van der Waals surface area contributed by atoms with Crippen molar-refractivity contribution in [3.63, 3.8) is 0 Å². The highest BCUT2D eigenvalue weighted by atomic mass is 35.5. The van der Waals surface area contributed by atoms with E-state index in [9.17, 15) is 8.42 Å². The van der Waals surface area contributed by atoms with Crippen LogP contribution in [0.5, 0.6) is 0 Å². The third-order valence-electron chi connectivity index (χ3n) is 3.50. The van der Waals surface area contributed by atoms with Gasteiger partial charge < -0.3 is 0 Å². The van der Waals surface area contributed by atoms with Crippen LogP contribution in [0.4, 0.5) is 0 Å². The summed E-state index contributed by atoms with van der Waals surface area (Å²) in [4.78, 5) is 0. The second-order valence-corrected chi connectivity index (χ2v) is 8.02. The Morgan fingerprint density at radius 2 is 2.16 bits per heavy atom. The van der Waals surface area contributed by atoms with Gasteiger partial charge in [-0.2, -0.15) is 28.4 Å². The molecule has 0 radical (unpaired) electrons. The zero-order chi connectivity index (χ0) is 13.9. The molecular weight excluding hydrogens is 304 g/mol. The molecule has 0 atom stereocenters. The van der Waals surface area contributed by atoms with Crippen LogP contribution in [0.3, 0.4) is 0 Å². The van der Waals surface area contributed by atoms with Crippen LogP contribution in [0, 0.1) is 5.92 Å². The summed E-state index contributed by atoms with van der Waals surface area (Å²) in [6.45, 7) is 1.59. The molecule has 1 aromatic rings. The first-order valence-electron chi connectivity index (χ1n) is 6.32. The molecule has 108 valence electrons. The molecule has 0 bridgehead atoms. The summed E-state index contributed by atoms with van der Waals surface area (Å²) in [6.07, 6.45) is 1.71. The maximum atomic E-state index is 12.4. The van der Waals surface area contributed by atoms with Gasteiger partial charge in [-0.3, -0.25) is 0 Å². The Labute approximate surface area is 124 Å². The van der Waals surface area contributed by atoms with Gasteiger partial charge in [0.25, 0.3) is 10.2 Å². The number of rotatable bonds is 5. The van der Waals surface area contributed by atoms with Gasteiger partial charge in [-0.15, -0.1) is 11.6 Å². The van der Waals surface area contributed by atoms with Gasteiger partial charge in [0.1, 0.15) is 0 Å². The van der Waals surface area contributed by atoms with E-state index >= 15 is 0 Å². The van der Waals surface area contributed by atoms with Crippen LogP contribution >= 0.6 is 22.9 Å². The van der Waals surface area contributed by atoms with Gasteiger partial charge in [0.05, 0.1) is 0 Å². The lowest BCUT2D eigenvalue weighted by Crippen LogP contribution is -2.45. The minimum Gasteiger partial charge on any atom is -0.195 e. The number of piperidine rings is 1. The standard InChI is InChI=1S/C12H19ClN2O2S2/c1-14(9-12-4-7-18-10-12)19(16,17)15-5-2-11(8-13)3-6-15/h4,7,10-11H,2-3,5-6,8-9H2,1H3. The van der Waals surface area contributed by atoms with Gasteiger partial charge in [-0.05, 0) is 41.1 Å². The number of halogens is 1. The predicted molar refractivity (Wildman–Crippen MR) is 79.7 cm³/mol. The Balaban J connectivity index is 1.98. The molecule has 19 heavy (non-hydrogen) atoms. The molecule has 0 unspecified atom stereocenters. The first-order valence-corrected chi connectivity index (χ1v) is 9.20. The number of hydrogen-bond donors (Lipinski definition) is 0. The minimum absolute atomic E-state index is 0.432. The van der Waals surface area contributed by atoms with Gasteiger partial charge >= 0.3 is 0 Å². The maximum Gasteiger partial charge on any atom is 0.282 e. The average Bonchev–Trinajstić information content (AvgIpc) is 2.91. The molecule has 2 rings (SSSR count). The summed E-state index contributed by atoms with van der Waals surface area (Å²) in [6, 6.07) is 1.95. The molecule has 1 aromatic heterocycles. The largest absolute Gasteiger partial charge is 0.282 e. The third kappa shape index (κ3) is 3.70. The van der Waals surface area contributed by atoms with E-state index in [0.717, 1.165) is 18.4 Å². The second kappa shape index (κ2) is 6.54. The third-order valence-corrected chi connectivity index (χ3v) is 6.60. The van der Waals surface area contributed by atoms with Gasteiger partial charge in [-0.1, -0.05) is 0 Å². The molecule has 1 fully saturated rings. The molecule has 0 N–H and O–H groups in total. The fraction of sp³-hybridized carbons (Fsp3) is 0.667. The lowest BCUT2D eigenvalue weighted by Gasteiger charge is -2.33.